The highest BCUT2D eigenvalue weighted by atomic mass is 16.5. The van der Waals surface area contributed by atoms with Crippen molar-refractivity contribution in [1.29, 1.82) is 0 Å². The van der Waals surface area contributed by atoms with E-state index in [2.05, 4.69) is 32.5 Å². The topological polar surface area (TPSA) is 80.1 Å². The summed E-state index contributed by atoms with van der Waals surface area (Å²) < 4.78 is 7.83. The zero-order valence-electron chi connectivity index (χ0n) is 15.6. The van der Waals surface area contributed by atoms with Crippen LogP contribution in [0.25, 0.3) is 27.8 Å². The van der Waals surface area contributed by atoms with Crippen molar-refractivity contribution in [1.82, 2.24) is 24.3 Å². The van der Waals surface area contributed by atoms with Crippen LogP contribution in [0.2, 0.25) is 0 Å². The molecule has 1 spiro atoms. The third-order valence-corrected chi connectivity index (χ3v) is 6.33. The smallest absolute Gasteiger partial charge is 0.224 e. The zero-order chi connectivity index (χ0) is 18.6. The molecule has 28 heavy (non-hydrogen) atoms. The quantitative estimate of drug-likeness (QED) is 0.570. The predicted molar refractivity (Wildman–Crippen MR) is 107 cm³/mol. The molecule has 1 aliphatic heterocycles. The molecule has 142 valence electrons. The summed E-state index contributed by atoms with van der Waals surface area (Å²) in [5.74, 6) is 0.696. The highest BCUT2D eigenvalue weighted by Crippen LogP contribution is 2.41. The monoisotopic (exact) mass is 374 g/mol. The van der Waals surface area contributed by atoms with Gasteiger partial charge in [-0.1, -0.05) is 0 Å². The molecule has 0 aromatic carbocycles. The van der Waals surface area contributed by atoms with Gasteiger partial charge in [0.1, 0.15) is 11.3 Å². The molecule has 1 saturated heterocycles. The first-order chi connectivity index (χ1) is 13.8. The highest BCUT2D eigenvalue weighted by Gasteiger charge is 2.41. The van der Waals surface area contributed by atoms with E-state index in [0.717, 1.165) is 60.1 Å². The van der Waals surface area contributed by atoms with E-state index < -0.39 is 0 Å². The van der Waals surface area contributed by atoms with Crippen LogP contribution in [0.3, 0.4) is 0 Å². The van der Waals surface area contributed by atoms with Crippen LogP contribution < -0.4 is 5.32 Å². The minimum atomic E-state index is 0.188. The molecule has 7 heteroatoms. The highest BCUT2D eigenvalue weighted by molar-refractivity contribution is 5.93. The lowest BCUT2D eigenvalue weighted by Gasteiger charge is -2.46. The number of ether oxygens (including phenoxy) is 1. The molecule has 0 radical (unpaired) electrons. The van der Waals surface area contributed by atoms with Gasteiger partial charge in [0.05, 0.1) is 12.2 Å². The first-order valence-corrected chi connectivity index (χ1v) is 9.96. The van der Waals surface area contributed by atoms with Crippen LogP contribution in [-0.2, 0) is 4.74 Å². The van der Waals surface area contributed by atoms with E-state index in [4.69, 9.17) is 9.72 Å². The number of fused-ring (bicyclic) bond motifs is 2. The fraction of sp³-hybridized carbons (Fsp3) is 0.381. The van der Waals surface area contributed by atoms with Crippen LogP contribution in [0.4, 0.5) is 5.95 Å². The van der Waals surface area contributed by atoms with Gasteiger partial charge in [-0.05, 0) is 44.2 Å². The predicted octanol–water partition coefficient (Wildman–Crippen LogP) is 3.79. The summed E-state index contributed by atoms with van der Waals surface area (Å²) in [6.45, 7) is 0.931. The molecule has 4 aromatic rings. The Morgan fingerprint density at radius 2 is 2.07 bits per heavy atom. The summed E-state index contributed by atoms with van der Waals surface area (Å²) in [5, 5.41) is 4.54. The number of pyridine rings is 1. The number of anilines is 1. The molecule has 1 saturated carbocycles. The van der Waals surface area contributed by atoms with Gasteiger partial charge in [0, 0.05) is 53.5 Å². The van der Waals surface area contributed by atoms with Crippen molar-refractivity contribution in [3.8, 4) is 11.1 Å². The zero-order valence-corrected chi connectivity index (χ0v) is 15.6. The minimum Gasteiger partial charge on any atom is -0.375 e. The molecule has 4 aromatic heterocycles. The number of aromatic amines is 1. The first-order valence-electron chi connectivity index (χ1n) is 9.96. The Morgan fingerprint density at radius 3 is 2.89 bits per heavy atom. The number of hydrogen-bond donors (Lipinski definition) is 2. The van der Waals surface area contributed by atoms with Gasteiger partial charge < -0.3 is 19.4 Å². The lowest BCUT2D eigenvalue weighted by atomic mass is 9.77. The van der Waals surface area contributed by atoms with Gasteiger partial charge in [-0.15, -0.1) is 0 Å². The number of nitrogens with zero attached hydrogens (tertiary/aromatic N) is 4. The van der Waals surface area contributed by atoms with Gasteiger partial charge in [-0.2, -0.15) is 4.98 Å². The van der Waals surface area contributed by atoms with E-state index in [1.807, 2.05) is 29.1 Å². The molecule has 2 aliphatic rings. The number of H-pyrrole nitrogens is 1. The maximum absolute atomic E-state index is 5.81. The van der Waals surface area contributed by atoms with Gasteiger partial charge in [0.2, 0.25) is 5.95 Å². The van der Waals surface area contributed by atoms with Gasteiger partial charge in [0.15, 0.2) is 0 Å². The van der Waals surface area contributed by atoms with Crippen molar-refractivity contribution >= 4 is 22.6 Å². The molecule has 0 unspecified atom stereocenters. The Balaban J connectivity index is 1.24. The summed E-state index contributed by atoms with van der Waals surface area (Å²) in [4.78, 5) is 16.9. The largest absolute Gasteiger partial charge is 0.375 e. The third-order valence-electron chi connectivity index (χ3n) is 6.33. The van der Waals surface area contributed by atoms with Crippen LogP contribution in [-0.4, -0.2) is 42.6 Å². The standard InChI is InChI=1S/C21H22N6O/c1-2-18-22-8-9-27(18)13-14(1)16-11-23-19-17(16)12-24-20(26-19)25-15-3-5-21(6-4-15)7-10-28-21/h1-2,8-9,11-13,15H,3-7,10H2,(H2,23,24,25,26). The molecule has 2 N–H and O–H groups in total. The van der Waals surface area contributed by atoms with Crippen molar-refractivity contribution in [3.05, 3.63) is 43.1 Å². The Bertz CT molecular complexity index is 1150. The SMILES string of the molecule is c1cn2cc(-c3c[nH]c4nc(NC5CCC6(CCO6)CC5)ncc34)ccc2n1. The molecule has 5 heterocycles. The van der Waals surface area contributed by atoms with Crippen molar-refractivity contribution < 1.29 is 4.74 Å². The molecular weight excluding hydrogens is 352 g/mol. The Morgan fingerprint density at radius 1 is 1.18 bits per heavy atom. The van der Waals surface area contributed by atoms with Crippen LogP contribution in [0.15, 0.2) is 43.1 Å². The maximum atomic E-state index is 5.81. The van der Waals surface area contributed by atoms with Crippen molar-refractivity contribution in [2.24, 2.45) is 0 Å². The van der Waals surface area contributed by atoms with E-state index in [-0.39, 0.29) is 5.60 Å². The fourth-order valence-corrected chi connectivity index (χ4v) is 4.55. The van der Waals surface area contributed by atoms with Gasteiger partial charge >= 0.3 is 0 Å². The first kappa shape index (κ1) is 16.1. The van der Waals surface area contributed by atoms with Crippen LogP contribution in [0, 0.1) is 0 Å². The summed E-state index contributed by atoms with van der Waals surface area (Å²) >= 11 is 0. The normalized spacial score (nSPS) is 24.6. The van der Waals surface area contributed by atoms with Crippen molar-refractivity contribution in [2.45, 2.75) is 43.7 Å². The van der Waals surface area contributed by atoms with E-state index in [0.29, 0.717) is 12.0 Å². The summed E-state index contributed by atoms with van der Waals surface area (Å²) in [6.07, 6.45) is 15.5. The summed E-state index contributed by atoms with van der Waals surface area (Å²) in [6, 6.07) is 4.52. The molecule has 0 bridgehead atoms. The van der Waals surface area contributed by atoms with Crippen molar-refractivity contribution in [2.75, 3.05) is 11.9 Å². The average molecular weight is 374 g/mol. The van der Waals surface area contributed by atoms with Gasteiger partial charge in [0.25, 0.3) is 0 Å². The van der Waals surface area contributed by atoms with Crippen LogP contribution in [0.1, 0.15) is 32.1 Å². The number of imidazole rings is 1. The molecule has 0 amide bonds. The Hall–Kier alpha value is -2.93. The van der Waals surface area contributed by atoms with E-state index in [1.54, 1.807) is 6.20 Å². The van der Waals surface area contributed by atoms with Crippen molar-refractivity contribution in [3.63, 3.8) is 0 Å². The number of aromatic nitrogens is 5. The lowest BCUT2D eigenvalue weighted by molar-refractivity contribution is -0.165. The average Bonchev–Trinajstić information content (AvgIpc) is 3.33. The van der Waals surface area contributed by atoms with Gasteiger partial charge in [-0.3, -0.25) is 0 Å². The Labute approximate surface area is 162 Å². The molecule has 1 aliphatic carbocycles. The van der Waals surface area contributed by atoms with E-state index >= 15 is 0 Å². The molecule has 2 fully saturated rings. The molecular formula is C21H22N6O. The van der Waals surface area contributed by atoms with E-state index in [9.17, 15) is 0 Å². The summed E-state index contributed by atoms with van der Waals surface area (Å²) in [5.41, 5.74) is 4.19. The molecule has 6 rings (SSSR count). The minimum absolute atomic E-state index is 0.188. The second kappa shape index (κ2) is 6.04. The summed E-state index contributed by atoms with van der Waals surface area (Å²) in [7, 11) is 0. The second-order valence-corrected chi connectivity index (χ2v) is 7.97. The lowest BCUT2D eigenvalue weighted by Crippen LogP contribution is -2.48. The number of hydrogen-bond acceptors (Lipinski definition) is 5. The van der Waals surface area contributed by atoms with E-state index in [1.165, 1.54) is 6.42 Å². The van der Waals surface area contributed by atoms with Crippen LogP contribution >= 0.6 is 0 Å². The number of nitrogens with one attached hydrogen (secondary N) is 2. The van der Waals surface area contributed by atoms with Gasteiger partial charge in [-0.25, -0.2) is 9.97 Å². The van der Waals surface area contributed by atoms with Crippen LogP contribution in [0.5, 0.6) is 0 Å². The third kappa shape index (κ3) is 2.57. The maximum Gasteiger partial charge on any atom is 0.224 e. The fourth-order valence-electron chi connectivity index (χ4n) is 4.55. The second-order valence-electron chi connectivity index (χ2n) is 7.97. The Kier molecular flexibility index (Phi) is 3.46. The molecule has 0 atom stereocenters. The molecule has 7 nitrogen and oxygen atoms in total. The number of rotatable bonds is 3.